The van der Waals surface area contributed by atoms with Crippen LogP contribution in [0.2, 0.25) is 5.02 Å². The van der Waals surface area contributed by atoms with Gasteiger partial charge in [0.1, 0.15) is 0 Å². The van der Waals surface area contributed by atoms with Gasteiger partial charge in [0.05, 0.1) is 5.25 Å². The Morgan fingerprint density at radius 2 is 1.93 bits per heavy atom. The zero-order valence-electron chi connectivity index (χ0n) is 15.9. The topological polar surface area (TPSA) is 69.6 Å². The Morgan fingerprint density at radius 1 is 1.15 bits per heavy atom. The highest BCUT2D eigenvalue weighted by Crippen LogP contribution is 2.35. The molecule has 2 heterocycles. The predicted octanol–water partition coefficient (Wildman–Crippen LogP) is 5.72. The van der Waals surface area contributed by atoms with Gasteiger partial charge in [0.15, 0.2) is 16.8 Å². The zero-order chi connectivity index (χ0) is 19.2. The van der Waals surface area contributed by atoms with Crippen molar-refractivity contribution in [1.82, 2.24) is 24.9 Å². The average molecular weight is 406 g/mol. The van der Waals surface area contributed by atoms with Crippen LogP contribution in [0.5, 0.6) is 0 Å². The first kappa shape index (κ1) is 19.9. The third-order valence-corrected chi connectivity index (χ3v) is 5.55. The van der Waals surface area contributed by atoms with E-state index < -0.39 is 0 Å². The molecule has 0 aliphatic rings. The number of unbranched alkanes of at least 4 members (excludes halogenated alkanes) is 3. The lowest BCUT2D eigenvalue weighted by Gasteiger charge is -2.12. The van der Waals surface area contributed by atoms with E-state index in [0.29, 0.717) is 16.7 Å². The molecule has 0 aliphatic heterocycles. The molecule has 27 heavy (non-hydrogen) atoms. The fourth-order valence-electron chi connectivity index (χ4n) is 2.77. The maximum atomic E-state index is 6.03. The molecule has 0 fully saturated rings. The minimum Gasteiger partial charge on any atom is -0.338 e. The summed E-state index contributed by atoms with van der Waals surface area (Å²) >= 11 is 7.62. The van der Waals surface area contributed by atoms with Crippen molar-refractivity contribution in [3.8, 4) is 11.4 Å². The van der Waals surface area contributed by atoms with E-state index in [2.05, 4.69) is 31.8 Å². The van der Waals surface area contributed by atoms with Gasteiger partial charge in [0.25, 0.3) is 0 Å². The van der Waals surface area contributed by atoms with Crippen LogP contribution in [0, 0.1) is 6.92 Å². The Balaban J connectivity index is 1.84. The Labute approximate surface area is 168 Å². The molecule has 144 valence electrons. The van der Waals surface area contributed by atoms with Crippen LogP contribution in [0.4, 0.5) is 0 Å². The second-order valence-electron chi connectivity index (χ2n) is 6.47. The van der Waals surface area contributed by atoms with Gasteiger partial charge in [-0.3, -0.25) is 0 Å². The van der Waals surface area contributed by atoms with Gasteiger partial charge in [-0.25, -0.2) is 0 Å². The van der Waals surface area contributed by atoms with Gasteiger partial charge < -0.3 is 9.09 Å². The lowest BCUT2D eigenvalue weighted by atomic mass is 10.2. The van der Waals surface area contributed by atoms with Gasteiger partial charge in [0.2, 0.25) is 5.89 Å². The van der Waals surface area contributed by atoms with Crippen molar-refractivity contribution in [2.75, 3.05) is 0 Å². The molecular formula is C19H24ClN5OS. The van der Waals surface area contributed by atoms with E-state index in [4.69, 9.17) is 16.1 Å². The number of thioether (sulfide) groups is 1. The molecule has 0 amide bonds. The van der Waals surface area contributed by atoms with Gasteiger partial charge >= 0.3 is 0 Å². The molecule has 0 aliphatic carbocycles. The molecule has 3 aromatic rings. The molecule has 0 spiro atoms. The Hall–Kier alpha value is -1.86. The van der Waals surface area contributed by atoms with Crippen molar-refractivity contribution < 1.29 is 4.52 Å². The van der Waals surface area contributed by atoms with Gasteiger partial charge in [-0.2, -0.15) is 4.98 Å². The summed E-state index contributed by atoms with van der Waals surface area (Å²) in [6.45, 7) is 6.95. The van der Waals surface area contributed by atoms with E-state index in [1.54, 1.807) is 11.8 Å². The van der Waals surface area contributed by atoms with Crippen LogP contribution in [-0.2, 0) is 6.54 Å². The smallest absolute Gasteiger partial charge is 0.239 e. The van der Waals surface area contributed by atoms with E-state index in [9.17, 15) is 0 Å². The molecule has 6 nitrogen and oxygen atoms in total. The normalized spacial score (nSPS) is 12.4. The highest BCUT2D eigenvalue weighted by atomic mass is 35.5. The SMILES string of the molecule is CCCCCCn1c(SC(C)c2nc(C)no2)nnc1-c1ccc(Cl)cc1. The molecule has 2 aromatic heterocycles. The molecule has 3 rings (SSSR count). The van der Waals surface area contributed by atoms with E-state index in [-0.39, 0.29) is 5.25 Å². The second kappa shape index (κ2) is 9.37. The van der Waals surface area contributed by atoms with E-state index in [0.717, 1.165) is 29.5 Å². The Bertz CT molecular complexity index is 861. The monoisotopic (exact) mass is 405 g/mol. The van der Waals surface area contributed by atoms with Crippen molar-refractivity contribution in [3.63, 3.8) is 0 Å². The average Bonchev–Trinajstić information content (AvgIpc) is 3.26. The standard InChI is InChI=1S/C19H24ClN5OS/c1-4-5-6-7-12-25-17(15-8-10-16(20)11-9-15)22-23-19(25)27-13(2)18-21-14(3)24-26-18/h8-11,13H,4-7,12H2,1-3H3. The number of hydrogen-bond acceptors (Lipinski definition) is 6. The molecule has 0 N–H and O–H groups in total. The second-order valence-corrected chi connectivity index (χ2v) is 8.21. The largest absolute Gasteiger partial charge is 0.338 e. The zero-order valence-corrected chi connectivity index (χ0v) is 17.4. The van der Waals surface area contributed by atoms with E-state index >= 15 is 0 Å². The molecule has 0 bridgehead atoms. The highest BCUT2D eigenvalue weighted by Gasteiger charge is 2.20. The summed E-state index contributed by atoms with van der Waals surface area (Å²) in [6.07, 6.45) is 4.73. The van der Waals surface area contributed by atoms with Crippen molar-refractivity contribution in [1.29, 1.82) is 0 Å². The molecule has 1 aromatic carbocycles. The first-order valence-corrected chi connectivity index (χ1v) is 10.5. The third-order valence-electron chi connectivity index (χ3n) is 4.23. The molecular weight excluding hydrogens is 382 g/mol. The lowest BCUT2D eigenvalue weighted by Crippen LogP contribution is -2.04. The van der Waals surface area contributed by atoms with Crippen molar-refractivity contribution in [3.05, 3.63) is 41.0 Å². The number of benzene rings is 1. The van der Waals surface area contributed by atoms with E-state index in [1.165, 1.54) is 19.3 Å². The van der Waals surface area contributed by atoms with Crippen molar-refractivity contribution in [2.45, 2.75) is 63.4 Å². The summed E-state index contributed by atoms with van der Waals surface area (Å²) in [5.41, 5.74) is 1.01. The van der Waals surface area contributed by atoms with Gasteiger partial charge in [-0.15, -0.1) is 10.2 Å². The minimum absolute atomic E-state index is 0.00265. The first-order valence-electron chi connectivity index (χ1n) is 9.24. The summed E-state index contributed by atoms with van der Waals surface area (Å²) in [5, 5.41) is 14.3. The molecule has 1 atom stereocenters. The number of aryl methyl sites for hydroxylation is 1. The van der Waals surface area contributed by atoms with Crippen molar-refractivity contribution in [2.24, 2.45) is 0 Å². The number of halogens is 1. The summed E-state index contributed by atoms with van der Waals surface area (Å²) < 4.78 is 7.49. The van der Waals surface area contributed by atoms with Crippen LogP contribution < -0.4 is 0 Å². The van der Waals surface area contributed by atoms with Gasteiger partial charge in [-0.05, 0) is 44.5 Å². The summed E-state index contributed by atoms with van der Waals surface area (Å²) in [7, 11) is 0. The fraction of sp³-hybridized carbons (Fsp3) is 0.474. The summed E-state index contributed by atoms with van der Waals surface area (Å²) in [5.74, 6) is 2.10. The predicted molar refractivity (Wildman–Crippen MR) is 108 cm³/mol. The van der Waals surface area contributed by atoms with Crippen LogP contribution in [0.3, 0.4) is 0 Å². The molecule has 0 saturated carbocycles. The number of rotatable bonds is 9. The third kappa shape index (κ3) is 5.11. The molecule has 0 radical (unpaired) electrons. The summed E-state index contributed by atoms with van der Waals surface area (Å²) in [4.78, 5) is 4.33. The van der Waals surface area contributed by atoms with E-state index in [1.807, 2.05) is 38.1 Å². The van der Waals surface area contributed by atoms with Gasteiger partial charge in [-0.1, -0.05) is 54.7 Å². The quantitative estimate of drug-likeness (QED) is 0.334. The molecule has 8 heteroatoms. The van der Waals surface area contributed by atoms with Crippen molar-refractivity contribution >= 4 is 23.4 Å². The van der Waals surface area contributed by atoms with Crippen LogP contribution >= 0.6 is 23.4 Å². The number of hydrogen-bond donors (Lipinski definition) is 0. The highest BCUT2D eigenvalue weighted by molar-refractivity contribution is 7.99. The van der Waals surface area contributed by atoms with Gasteiger partial charge in [0, 0.05) is 17.1 Å². The molecule has 0 saturated heterocycles. The Morgan fingerprint density at radius 3 is 2.59 bits per heavy atom. The first-order chi connectivity index (χ1) is 13.1. The van der Waals surface area contributed by atoms with Crippen LogP contribution in [-0.4, -0.2) is 24.9 Å². The maximum Gasteiger partial charge on any atom is 0.239 e. The lowest BCUT2D eigenvalue weighted by molar-refractivity contribution is 0.376. The van der Waals surface area contributed by atoms with Crippen LogP contribution in [0.15, 0.2) is 33.9 Å². The Kier molecular flexibility index (Phi) is 6.90. The maximum absolute atomic E-state index is 6.03. The fourth-order valence-corrected chi connectivity index (χ4v) is 3.81. The van der Waals surface area contributed by atoms with Crippen LogP contribution in [0.1, 0.15) is 56.5 Å². The number of aromatic nitrogens is 5. The summed E-state index contributed by atoms with van der Waals surface area (Å²) in [6, 6.07) is 7.72. The molecule has 1 unspecified atom stereocenters. The van der Waals surface area contributed by atoms with Crippen LogP contribution in [0.25, 0.3) is 11.4 Å². The number of nitrogens with zero attached hydrogens (tertiary/aromatic N) is 5. The minimum atomic E-state index is 0.00265.